The Morgan fingerprint density at radius 1 is 0.893 bits per heavy atom. The van der Waals surface area contributed by atoms with Crippen molar-refractivity contribution in [3.63, 3.8) is 0 Å². The van der Waals surface area contributed by atoms with Crippen LogP contribution in [0.3, 0.4) is 0 Å². The third-order valence-corrected chi connectivity index (χ3v) is 5.33. The maximum absolute atomic E-state index is 13.0. The first-order valence-electron chi connectivity index (χ1n) is 8.59. The van der Waals surface area contributed by atoms with E-state index in [0.717, 1.165) is 5.56 Å². The van der Waals surface area contributed by atoms with Crippen molar-refractivity contribution in [3.05, 3.63) is 89.7 Å². The highest BCUT2D eigenvalue weighted by molar-refractivity contribution is 7.87. The number of rotatable bonds is 8. The molecule has 0 amide bonds. The van der Waals surface area contributed by atoms with Crippen LogP contribution in [0.1, 0.15) is 11.1 Å². The predicted octanol–water partition coefficient (Wildman–Crippen LogP) is 3.89. The molecule has 3 aromatic rings. The largest absolute Gasteiger partial charge is 0.497 e. The summed E-state index contributed by atoms with van der Waals surface area (Å²) in [5, 5.41) is 3.20. The smallest absolute Gasteiger partial charge is 0.339 e. The Morgan fingerprint density at radius 2 is 1.57 bits per heavy atom. The van der Waals surface area contributed by atoms with Crippen molar-refractivity contribution >= 4 is 10.1 Å². The lowest BCUT2D eigenvalue weighted by Crippen LogP contribution is -2.15. The minimum absolute atomic E-state index is 0.0439. The van der Waals surface area contributed by atoms with E-state index in [9.17, 15) is 12.8 Å². The number of hydrogen-bond acceptors (Lipinski definition) is 5. The molecule has 146 valence electrons. The maximum Gasteiger partial charge on any atom is 0.339 e. The van der Waals surface area contributed by atoms with Crippen LogP contribution in [0.4, 0.5) is 4.39 Å². The Bertz CT molecular complexity index is 1020. The molecule has 0 aliphatic heterocycles. The van der Waals surface area contributed by atoms with E-state index < -0.39 is 10.1 Å². The number of ether oxygens (including phenoxy) is 1. The Balaban J connectivity index is 1.69. The summed E-state index contributed by atoms with van der Waals surface area (Å²) >= 11 is 0. The lowest BCUT2D eigenvalue weighted by molar-refractivity contribution is 0.414. The standard InChI is InChI=1S/C21H20FNO4S/c1-26-19-10-12-20(13-11-19)28(24,25)27-21-5-3-2-4-17(21)15-23-14-16-6-8-18(22)9-7-16/h2-13,23H,14-15H2,1H3. The van der Waals surface area contributed by atoms with Crippen LogP contribution >= 0.6 is 0 Å². The fourth-order valence-electron chi connectivity index (χ4n) is 2.58. The van der Waals surface area contributed by atoms with Gasteiger partial charge >= 0.3 is 10.1 Å². The van der Waals surface area contributed by atoms with Gasteiger partial charge in [-0.3, -0.25) is 0 Å². The Morgan fingerprint density at radius 3 is 2.25 bits per heavy atom. The van der Waals surface area contributed by atoms with Gasteiger partial charge in [0.1, 0.15) is 22.2 Å². The topological polar surface area (TPSA) is 64.6 Å². The monoisotopic (exact) mass is 401 g/mol. The maximum atomic E-state index is 13.0. The van der Waals surface area contributed by atoms with Crippen LogP contribution in [0.15, 0.2) is 77.7 Å². The van der Waals surface area contributed by atoms with E-state index in [4.69, 9.17) is 8.92 Å². The van der Waals surface area contributed by atoms with E-state index >= 15 is 0 Å². The number of nitrogens with one attached hydrogen (secondary N) is 1. The van der Waals surface area contributed by atoms with Gasteiger partial charge in [-0.2, -0.15) is 8.42 Å². The van der Waals surface area contributed by atoms with E-state index in [0.29, 0.717) is 24.4 Å². The second-order valence-electron chi connectivity index (χ2n) is 6.05. The Kier molecular flexibility index (Phi) is 6.28. The molecule has 0 atom stereocenters. The summed E-state index contributed by atoms with van der Waals surface area (Å²) in [6, 6.07) is 19.1. The molecule has 1 N–H and O–H groups in total. The quantitative estimate of drug-likeness (QED) is 0.580. The highest BCUT2D eigenvalue weighted by Gasteiger charge is 2.18. The van der Waals surface area contributed by atoms with Crippen molar-refractivity contribution in [2.45, 2.75) is 18.0 Å². The van der Waals surface area contributed by atoms with E-state index in [-0.39, 0.29) is 16.5 Å². The third kappa shape index (κ3) is 5.09. The minimum atomic E-state index is -3.97. The molecule has 0 aromatic heterocycles. The first kappa shape index (κ1) is 19.9. The summed E-state index contributed by atoms with van der Waals surface area (Å²) in [4.78, 5) is 0.0439. The van der Waals surface area contributed by atoms with Gasteiger partial charge in [0.2, 0.25) is 0 Å². The molecule has 0 bridgehead atoms. The first-order valence-corrected chi connectivity index (χ1v) is 10.0. The molecule has 0 aliphatic rings. The van der Waals surface area contributed by atoms with E-state index in [1.807, 2.05) is 6.07 Å². The SMILES string of the molecule is COc1ccc(S(=O)(=O)Oc2ccccc2CNCc2ccc(F)cc2)cc1. The molecular formula is C21H20FNO4S. The summed E-state index contributed by atoms with van der Waals surface area (Å²) in [5.74, 6) is 0.528. The second kappa shape index (κ2) is 8.86. The zero-order valence-corrected chi connectivity index (χ0v) is 16.1. The highest BCUT2D eigenvalue weighted by atomic mass is 32.2. The van der Waals surface area contributed by atoms with Crippen LogP contribution in [0.25, 0.3) is 0 Å². The molecule has 0 heterocycles. The lowest BCUT2D eigenvalue weighted by atomic mass is 10.2. The number of para-hydroxylation sites is 1. The number of methoxy groups -OCH3 is 1. The highest BCUT2D eigenvalue weighted by Crippen LogP contribution is 2.24. The predicted molar refractivity (Wildman–Crippen MR) is 104 cm³/mol. The fourth-order valence-corrected chi connectivity index (χ4v) is 3.55. The second-order valence-corrected chi connectivity index (χ2v) is 7.60. The molecule has 0 saturated heterocycles. The molecule has 0 spiro atoms. The van der Waals surface area contributed by atoms with Gasteiger partial charge in [0.05, 0.1) is 7.11 Å². The Hall–Kier alpha value is -2.90. The zero-order chi connectivity index (χ0) is 20.0. The Labute approximate surface area is 163 Å². The van der Waals surface area contributed by atoms with E-state index in [2.05, 4.69) is 5.32 Å². The van der Waals surface area contributed by atoms with Crippen LogP contribution in [0.2, 0.25) is 0 Å². The van der Waals surface area contributed by atoms with Crippen molar-refractivity contribution in [1.82, 2.24) is 5.32 Å². The van der Waals surface area contributed by atoms with Gasteiger partial charge in [-0.05, 0) is 48.0 Å². The van der Waals surface area contributed by atoms with Gasteiger partial charge in [0.15, 0.2) is 0 Å². The van der Waals surface area contributed by atoms with Crippen molar-refractivity contribution in [2.24, 2.45) is 0 Å². The van der Waals surface area contributed by atoms with Crippen molar-refractivity contribution in [3.8, 4) is 11.5 Å². The van der Waals surface area contributed by atoms with Crippen molar-refractivity contribution < 1.29 is 21.7 Å². The minimum Gasteiger partial charge on any atom is -0.497 e. The van der Waals surface area contributed by atoms with Gasteiger partial charge in [-0.25, -0.2) is 4.39 Å². The molecule has 5 nitrogen and oxygen atoms in total. The molecule has 0 saturated carbocycles. The van der Waals surface area contributed by atoms with Gasteiger partial charge in [0, 0.05) is 18.7 Å². The lowest BCUT2D eigenvalue weighted by Gasteiger charge is -2.12. The zero-order valence-electron chi connectivity index (χ0n) is 15.3. The summed E-state index contributed by atoms with van der Waals surface area (Å²) in [6.07, 6.45) is 0. The molecule has 0 aliphatic carbocycles. The average Bonchev–Trinajstić information content (AvgIpc) is 2.70. The van der Waals surface area contributed by atoms with E-state index in [1.165, 1.54) is 31.4 Å². The van der Waals surface area contributed by atoms with Crippen LogP contribution in [0.5, 0.6) is 11.5 Å². The molecule has 0 radical (unpaired) electrons. The summed E-state index contributed by atoms with van der Waals surface area (Å²) in [7, 11) is -2.46. The van der Waals surface area contributed by atoms with Crippen LogP contribution in [-0.4, -0.2) is 15.5 Å². The first-order chi connectivity index (χ1) is 13.5. The average molecular weight is 401 g/mol. The van der Waals surface area contributed by atoms with E-state index in [1.54, 1.807) is 42.5 Å². The third-order valence-electron chi connectivity index (χ3n) is 4.08. The molecule has 3 aromatic carbocycles. The van der Waals surface area contributed by atoms with Crippen LogP contribution < -0.4 is 14.2 Å². The number of hydrogen-bond donors (Lipinski definition) is 1. The van der Waals surface area contributed by atoms with Gasteiger partial charge in [-0.15, -0.1) is 0 Å². The summed E-state index contributed by atoms with van der Waals surface area (Å²) < 4.78 is 48.5. The molecule has 0 fully saturated rings. The molecular weight excluding hydrogens is 381 g/mol. The summed E-state index contributed by atoms with van der Waals surface area (Å²) in [6.45, 7) is 0.908. The van der Waals surface area contributed by atoms with Gasteiger partial charge < -0.3 is 14.2 Å². The van der Waals surface area contributed by atoms with Crippen LogP contribution in [-0.2, 0) is 23.2 Å². The molecule has 28 heavy (non-hydrogen) atoms. The van der Waals surface area contributed by atoms with Crippen molar-refractivity contribution in [1.29, 1.82) is 0 Å². The van der Waals surface area contributed by atoms with Gasteiger partial charge in [0.25, 0.3) is 0 Å². The number of benzene rings is 3. The fraction of sp³-hybridized carbons (Fsp3) is 0.143. The van der Waals surface area contributed by atoms with Gasteiger partial charge in [-0.1, -0.05) is 30.3 Å². The number of halogens is 1. The summed E-state index contributed by atoms with van der Waals surface area (Å²) in [5.41, 5.74) is 1.62. The van der Waals surface area contributed by atoms with Crippen molar-refractivity contribution in [2.75, 3.05) is 7.11 Å². The molecule has 3 rings (SSSR count). The molecule has 0 unspecified atom stereocenters. The molecule has 7 heteroatoms. The van der Waals surface area contributed by atoms with Crippen LogP contribution in [0, 0.1) is 5.82 Å². The normalized spacial score (nSPS) is 11.2.